The molecule has 0 N–H and O–H groups in total. The van der Waals surface area contributed by atoms with Gasteiger partial charge in [0, 0.05) is 19.8 Å². The molecular weight excluding hydrogens is 360 g/mol. The Labute approximate surface area is 148 Å². The molecular formula is C17H37BrO3Si. The number of unbranched alkanes of at least 4 members (excludes halogenated alkanes) is 7. The van der Waals surface area contributed by atoms with Crippen LogP contribution in [0.15, 0.2) is 0 Å². The molecule has 0 aromatic rings. The quantitative estimate of drug-likeness (QED) is 0.185. The van der Waals surface area contributed by atoms with Crippen molar-refractivity contribution in [3.8, 4) is 0 Å². The largest absolute Gasteiger partial charge is 0.515 e. The molecule has 0 aromatic carbocycles. The van der Waals surface area contributed by atoms with Crippen LogP contribution in [0, 0.1) is 0 Å². The fourth-order valence-corrected chi connectivity index (χ4v) is 6.70. The van der Waals surface area contributed by atoms with E-state index >= 15 is 0 Å². The lowest BCUT2D eigenvalue weighted by Crippen LogP contribution is -2.54. The summed E-state index contributed by atoms with van der Waals surface area (Å²) in [5.41, 5.74) is 0. The zero-order valence-corrected chi connectivity index (χ0v) is 17.8. The first-order valence-corrected chi connectivity index (χ1v) is 11.9. The molecule has 0 bridgehead atoms. The number of rotatable bonds is 16. The van der Waals surface area contributed by atoms with Crippen LogP contribution in [0.4, 0.5) is 0 Å². The van der Waals surface area contributed by atoms with Crippen LogP contribution in [0.5, 0.6) is 0 Å². The van der Waals surface area contributed by atoms with Gasteiger partial charge in [0.05, 0.1) is 4.45 Å². The second kappa shape index (κ2) is 15.1. The average molecular weight is 397 g/mol. The van der Waals surface area contributed by atoms with Gasteiger partial charge in [0.15, 0.2) is 0 Å². The van der Waals surface area contributed by atoms with Gasteiger partial charge in [0.25, 0.3) is 0 Å². The van der Waals surface area contributed by atoms with E-state index in [4.69, 9.17) is 13.3 Å². The van der Waals surface area contributed by atoms with Crippen LogP contribution >= 0.6 is 15.9 Å². The maximum Gasteiger partial charge on any atom is 0.515 e. The van der Waals surface area contributed by atoms with E-state index in [2.05, 4.69) is 22.9 Å². The Bertz CT molecular complexity index is 225. The lowest BCUT2D eigenvalue weighted by atomic mass is 10.1. The van der Waals surface area contributed by atoms with E-state index in [0.29, 0.717) is 19.8 Å². The molecule has 0 spiro atoms. The predicted molar refractivity (Wildman–Crippen MR) is 101 cm³/mol. The van der Waals surface area contributed by atoms with Gasteiger partial charge in [0.1, 0.15) is 0 Å². The third-order valence-electron chi connectivity index (χ3n) is 3.73. The molecule has 1 atom stereocenters. The summed E-state index contributed by atoms with van der Waals surface area (Å²) in [4.78, 5) is 0. The van der Waals surface area contributed by atoms with E-state index in [1.165, 1.54) is 51.4 Å². The first kappa shape index (κ1) is 22.6. The maximum absolute atomic E-state index is 5.94. The van der Waals surface area contributed by atoms with E-state index in [1.807, 2.05) is 20.8 Å². The molecule has 0 aromatic heterocycles. The molecule has 0 amide bonds. The molecule has 0 fully saturated rings. The SMILES string of the molecule is CCCCCCCCCCC(Br)[Si](OCC)(OCC)OCC. The highest BCUT2D eigenvalue weighted by molar-refractivity contribution is 9.10. The van der Waals surface area contributed by atoms with Crippen LogP contribution in [-0.2, 0) is 13.3 Å². The Balaban J connectivity index is 4.03. The molecule has 22 heavy (non-hydrogen) atoms. The van der Waals surface area contributed by atoms with Gasteiger partial charge in [-0.1, -0.05) is 74.2 Å². The van der Waals surface area contributed by atoms with Gasteiger partial charge in [-0.05, 0) is 27.2 Å². The number of halogens is 1. The normalized spacial score (nSPS) is 13.5. The van der Waals surface area contributed by atoms with Gasteiger partial charge in [-0.2, -0.15) is 0 Å². The summed E-state index contributed by atoms with van der Waals surface area (Å²) in [5, 5.41) is 0. The Hall–Kier alpha value is 0.577. The maximum atomic E-state index is 5.94. The van der Waals surface area contributed by atoms with Crippen molar-refractivity contribution < 1.29 is 13.3 Å². The minimum atomic E-state index is -2.57. The van der Waals surface area contributed by atoms with Crippen molar-refractivity contribution in [2.45, 2.75) is 89.9 Å². The highest BCUT2D eigenvalue weighted by Crippen LogP contribution is 2.26. The fourth-order valence-electron chi connectivity index (χ4n) is 2.63. The van der Waals surface area contributed by atoms with E-state index in [-0.39, 0.29) is 4.45 Å². The molecule has 5 heteroatoms. The average Bonchev–Trinajstić information content (AvgIpc) is 2.50. The van der Waals surface area contributed by atoms with E-state index in [0.717, 1.165) is 6.42 Å². The standard InChI is InChI=1S/C17H37BrO3Si/c1-5-9-10-11-12-13-14-15-16-17(18)22(19-6-2,20-7-3)21-8-4/h17H,5-16H2,1-4H3. The van der Waals surface area contributed by atoms with Crippen molar-refractivity contribution in [3.63, 3.8) is 0 Å². The fraction of sp³-hybridized carbons (Fsp3) is 1.00. The zero-order chi connectivity index (χ0) is 16.7. The summed E-state index contributed by atoms with van der Waals surface area (Å²) in [6, 6.07) is 0. The van der Waals surface area contributed by atoms with Crippen LogP contribution in [0.3, 0.4) is 0 Å². The van der Waals surface area contributed by atoms with Gasteiger partial charge in [-0.25, -0.2) is 0 Å². The van der Waals surface area contributed by atoms with Gasteiger partial charge in [-0.15, -0.1) is 0 Å². The number of hydrogen-bond donors (Lipinski definition) is 0. The van der Waals surface area contributed by atoms with Gasteiger partial charge >= 0.3 is 8.80 Å². The van der Waals surface area contributed by atoms with Crippen LogP contribution in [0.25, 0.3) is 0 Å². The first-order chi connectivity index (χ1) is 10.7. The molecule has 1 unspecified atom stereocenters. The van der Waals surface area contributed by atoms with Crippen LogP contribution in [0.2, 0.25) is 0 Å². The van der Waals surface area contributed by atoms with Crippen molar-refractivity contribution in [1.29, 1.82) is 0 Å². The van der Waals surface area contributed by atoms with Crippen molar-refractivity contribution in [1.82, 2.24) is 0 Å². The molecule has 0 rings (SSSR count). The summed E-state index contributed by atoms with van der Waals surface area (Å²) < 4.78 is 18.0. The van der Waals surface area contributed by atoms with Gasteiger partial charge < -0.3 is 13.3 Å². The molecule has 3 nitrogen and oxygen atoms in total. The summed E-state index contributed by atoms with van der Waals surface area (Å²) in [7, 11) is -2.57. The predicted octanol–water partition coefficient (Wildman–Crippen LogP) is 5.87. The second-order valence-corrected chi connectivity index (χ2v) is 10.4. The molecule has 0 aliphatic rings. The smallest absolute Gasteiger partial charge is 0.373 e. The van der Waals surface area contributed by atoms with Crippen LogP contribution < -0.4 is 0 Å². The summed E-state index contributed by atoms with van der Waals surface area (Å²) in [5.74, 6) is 0. The molecule has 0 aliphatic heterocycles. The summed E-state index contributed by atoms with van der Waals surface area (Å²) in [6.07, 6.45) is 11.8. The molecule has 0 saturated heterocycles. The zero-order valence-electron chi connectivity index (χ0n) is 15.2. The Morgan fingerprint density at radius 2 is 1.09 bits per heavy atom. The van der Waals surface area contributed by atoms with Crippen molar-refractivity contribution >= 4 is 24.7 Å². The summed E-state index contributed by atoms with van der Waals surface area (Å²) >= 11 is 3.79. The minimum Gasteiger partial charge on any atom is -0.373 e. The lowest BCUT2D eigenvalue weighted by Gasteiger charge is -2.32. The van der Waals surface area contributed by atoms with E-state index < -0.39 is 8.80 Å². The Kier molecular flexibility index (Phi) is 15.5. The van der Waals surface area contributed by atoms with Crippen molar-refractivity contribution in [2.24, 2.45) is 0 Å². The first-order valence-electron chi connectivity index (χ1n) is 9.22. The molecule has 0 aliphatic carbocycles. The second-order valence-electron chi connectivity index (χ2n) is 5.63. The number of hydrogen-bond acceptors (Lipinski definition) is 3. The topological polar surface area (TPSA) is 27.7 Å². The molecule has 0 radical (unpaired) electrons. The molecule has 134 valence electrons. The highest BCUT2D eigenvalue weighted by Gasteiger charge is 2.47. The van der Waals surface area contributed by atoms with Gasteiger partial charge in [-0.3, -0.25) is 0 Å². The van der Waals surface area contributed by atoms with Gasteiger partial charge in [0.2, 0.25) is 0 Å². The molecule has 0 heterocycles. The van der Waals surface area contributed by atoms with Crippen molar-refractivity contribution in [3.05, 3.63) is 0 Å². The van der Waals surface area contributed by atoms with Crippen LogP contribution in [-0.4, -0.2) is 33.1 Å². The summed E-state index contributed by atoms with van der Waals surface area (Å²) in [6.45, 7) is 10.2. The highest BCUT2D eigenvalue weighted by atomic mass is 79.9. The Morgan fingerprint density at radius 3 is 1.50 bits per heavy atom. The molecule has 0 saturated carbocycles. The van der Waals surface area contributed by atoms with E-state index in [9.17, 15) is 0 Å². The van der Waals surface area contributed by atoms with Crippen LogP contribution in [0.1, 0.15) is 85.5 Å². The number of alkyl halides is 1. The third-order valence-corrected chi connectivity index (χ3v) is 9.00. The third kappa shape index (κ3) is 9.66. The van der Waals surface area contributed by atoms with E-state index in [1.54, 1.807) is 0 Å². The lowest BCUT2D eigenvalue weighted by molar-refractivity contribution is 0.0692. The minimum absolute atomic E-state index is 0.208. The Morgan fingerprint density at radius 1 is 0.682 bits per heavy atom. The monoisotopic (exact) mass is 396 g/mol. The van der Waals surface area contributed by atoms with Crippen molar-refractivity contribution in [2.75, 3.05) is 19.8 Å².